The predicted octanol–water partition coefficient (Wildman–Crippen LogP) is 4.56. The van der Waals surface area contributed by atoms with Gasteiger partial charge in [-0.15, -0.1) is 0 Å². The molecule has 4 nitrogen and oxygen atoms in total. The third-order valence-corrected chi connectivity index (χ3v) is 10.4. The zero-order chi connectivity index (χ0) is 19.2. The Morgan fingerprint density at radius 2 is 1.68 bits per heavy atom. The van der Waals surface area contributed by atoms with Crippen molar-refractivity contribution >= 4 is 0 Å². The second kappa shape index (κ2) is 5.84. The van der Waals surface area contributed by atoms with Gasteiger partial charge in [0.1, 0.15) is 0 Å². The lowest BCUT2D eigenvalue weighted by Crippen LogP contribution is -2.55. The van der Waals surface area contributed by atoms with Gasteiger partial charge < -0.3 is 19.3 Å². The van der Waals surface area contributed by atoms with E-state index in [1.807, 2.05) is 0 Å². The normalized spacial score (nSPS) is 54.5. The van der Waals surface area contributed by atoms with Gasteiger partial charge in [0.15, 0.2) is 12.1 Å². The lowest BCUT2D eigenvalue weighted by atomic mass is 9.46. The van der Waals surface area contributed by atoms with Gasteiger partial charge in [-0.05, 0) is 73.5 Å². The number of aliphatic hydroxyl groups excluding tert-OH is 1. The molecule has 0 amide bonds. The summed E-state index contributed by atoms with van der Waals surface area (Å²) in [5.41, 5.74) is 2.11. The van der Waals surface area contributed by atoms with E-state index < -0.39 is 6.29 Å². The van der Waals surface area contributed by atoms with Gasteiger partial charge in [0, 0.05) is 19.3 Å². The number of rotatable bonds is 0. The highest BCUT2D eigenvalue weighted by Crippen LogP contribution is 2.70. The summed E-state index contributed by atoms with van der Waals surface area (Å²) in [5, 5.41) is 10.1. The van der Waals surface area contributed by atoms with E-state index in [1.165, 1.54) is 32.1 Å². The van der Waals surface area contributed by atoms with E-state index in [4.69, 9.17) is 14.2 Å². The first-order valence-corrected chi connectivity index (χ1v) is 11.7. The van der Waals surface area contributed by atoms with Gasteiger partial charge >= 0.3 is 0 Å². The molecule has 2 saturated heterocycles. The van der Waals surface area contributed by atoms with Crippen LogP contribution in [0.25, 0.3) is 0 Å². The van der Waals surface area contributed by atoms with Crippen LogP contribution < -0.4 is 0 Å². The van der Waals surface area contributed by atoms with Crippen LogP contribution in [0.2, 0.25) is 0 Å². The van der Waals surface area contributed by atoms with Crippen molar-refractivity contribution in [1.29, 1.82) is 0 Å². The highest BCUT2D eigenvalue weighted by Gasteiger charge is 2.66. The highest BCUT2D eigenvalue weighted by atomic mass is 16.7. The predicted molar refractivity (Wildman–Crippen MR) is 105 cm³/mol. The Bertz CT molecular complexity index is 697. The molecule has 0 aromatic heterocycles. The number of hydrogen-bond acceptors (Lipinski definition) is 4. The average molecular weight is 389 g/mol. The zero-order valence-corrected chi connectivity index (χ0v) is 17.5. The molecule has 0 aromatic rings. The topological polar surface area (TPSA) is 47.9 Å². The van der Waals surface area contributed by atoms with Crippen molar-refractivity contribution in [2.75, 3.05) is 13.2 Å². The van der Waals surface area contributed by atoms with Crippen molar-refractivity contribution in [3.8, 4) is 0 Å². The van der Waals surface area contributed by atoms with Crippen molar-refractivity contribution < 1.29 is 19.3 Å². The van der Waals surface area contributed by atoms with Crippen LogP contribution in [0, 0.1) is 28.6 Å². The van der Waals surface area contributed by atoms with E-state index in [0.717, 1.165) is 63.1 Å². The molecule has 5 unspecified atom stereocenters. The Balaban J connectivity index is 1.31. The third-order valence-electron chi connectivity index (χ3n) is 10.4. The fourth-order valence-electron chi connectivity index (χ4n) is 8.78. The van der Waals surface area contributed by atoms with Crippen molar-refractivity contribution in [1.82, 2.24) is 0 Å². The van der Waals surface area contributed by atoms with E-state index >= 15 is 0 Å². The molecule has 6 aliphatic rings. The van der Waals surface area contributed by atoms with Crippen molar-refractivity contribution in [2.24, 2.45) is 28.6 Å². The molecule has 4 heteroatoms. The van der Waals surface area contributed by atoms with Crippen LogP contribution in [0.5, 0.6) is 0 Å². The van der Waals surface area contributed by atoms with Crippen LogP contribution in [-0.2, 0) is 14.2 Å². The average Bonchev–Trinajstić information content (AvgIpc) is 3.36. The number of aliphatic hydroxyl groups is 1. The summed E-state index contributed by atoms with van der Waals surface area (Å²) in [5.74, 6) is 1.98. The first-order valence-electron chi connectivity index (χ1n) is 11.7. The fourth-order valence-corrected chi connectivity index (χ4v) is 8.78. The first-order chi connectivity index (χ1) is 13.4. The molecule has 4 aliphatic carbocycles. The lowest BCUT2D eigenvalue weighted by molar-refractivity contribution is -0.202. The molecule has 3 saturated carbocycles. The van der Waals surface area contributed by atoms with Crippen LogP contribution in [-0.4, -0.2) is 36.0 Å². The SMILES string of the molecule is CC12CCC3(CC1=CC[C@@H]1C2CC[C@@]2(C)C1CCC21CCC(O)O1)OCCO3. The maximum atomic E-state index is 10.1. The monoisotopic (exact) mass is 388 g/mol. The number of allylic oxidation sites excluding steroid dienone is 1. The Kier molecular flexibility index (Phi) is 3.83. The van der Waals surface area contributed by atoms with Gasteiger partial charge in [0.05, 0.1) is 18.8 Å². The van der Waals surface area contributed by atoms with Gasteiger partial charge in [0.25, 0.3) is 0 Å². The summed E-state index contributed by atoms with van der Waals surface area (Å²) in [7, 11) is 0. The van der Waals surface area contributed by atoms with Crippen LogP contribution in [0.3, 0.4) is 0 Å². The van der Waals surface area contributed by atoms with Crippen LogP contribution >= 0.6 is 0 Å². The minimum absolute atomic E-state index is 0.0604. The Labute approximate surface area is 169 Å². The summed E-state index contributed by atoms with van der Waals surface area (Å²) >= 11 is 0. The van der Waals surface area contributed by atoms with Crippen molar-refractivity contribution in [2.45, 2.75) is 95.7 Å². The van der Waals surface area contributed by atoms with Gasteiger partial charge in [0.2, 0.25) is 0 Å². The Morgan fingerprint density at radius 1 is 0.929 bits per heavy atom. The molecule has 6 rings (SSSR count). The molecule has 2 aliphatic heterocycles. The molecule has 28 heavy (non-hydrogen) atoms. The highest BCUT2D eigenvalue weighted by molar-refractivity contribution is 5.27. The van der Waals surface area contributed by atoms with E-state index in [2.05, 4.69) is 19.9 Å². The number of hydrogen-bond donors (Lipinski definition) is 1. The van der Waals surface area contributed by atoms with Crippen LogP contribution in [0.4, 0.5) is 0 Å². The molecule has 2 spiro atoms. The molecule has 0 bridgehead atoms. The first kappa shape index (κ1) is 18.4. The molecule has 2 heterocycles. The lowest BCUT2D eigenvalue weighted by Gasteiger charge is -2.60. The maximum absolute atomic E-state index is 10.1. The minimum atomic E-state index is -0.537. The molecular weight excluding hydrogens is 352 g/mol. The smallest absolute Gasteiger partial charge is 0.172 e. The molecule has 7 atom stereocenters. The van der Waals surface area contributed by atoms with Gasteiger partial charge in [-0.1, -0.05) is 25.5 Å². The van der Waals surface area contributed by atoms with Gasteiger partial charge in [-0.25, -0.2) is 0 Å². The van der Waals surface area contributed by atoms with Crippen molar-refractivity contribution in [3.05, 3.63) is 11.6 Å². The minimum Gasteiger partial charge on any atom is -0.368 e. The van der Waals surface area contributed by atoms with E-state index in [-0.39, 0.29) is 16.8 Å². The second-order valence-electron chi connectivity index (χ2n) is 11.1. The Hall–Kier alpha value is -0.420. The van der Waals surface area contributed by atoms with Gasteiger partial charge in [-0.2, -0.15) is 0 Å². The third kappa shape index (κ3) is 2.21. The summed E-state index contributed by atoms with van der Waals surface area (Å²) in [4.78, 5) is 0. The van der Waals surface area contributed by atoms with E-state index in [9.17, 15) is 5.11 Å². The number of ether oxygens (including phenoxy) is 3. The molecular formula is C24H36O4. The van der Waals surface area contributed by atoms with E-state index in [0.29, 0.717) is 5.41 Å². The van der Waals surface area contributed by atoms with Crippen molar-refractivity contribution in [3.63, 3.8) is 0 Å². The summed E-state index contributed by atoms with van der Waals surface area (Å²) in [6, 6.07) is 0. The standard InChI is InChI=1S/C24H36O4/c1-21-11-12-24(26-13-14-27-24)15-16(21)3-4-17-18(21)5-8-22(2)19(17)6-9-23(22)10-7-20(25)28-23/h3,17-20,25H,4-15H2,1-2H3/t17-,18?,19?,20?,21?,22+,23?/m1/s1. The zero-order valence-electron chi connectivity index (χ0n) is 17.5. The summed E-state index contributed by atoms with van der Waals surface area (Å²) in [6.07, 6.45) is 13.3. The fraction of sp³-hybridized carbons (Fsp3) is 0.917. The quantitative estimate of drug-likeness (QED) is 0.618. The van der Waals surface area contributed by atoms with Gasteiger partial charge in [-0.3, -0.25) is 0 Å². The molecule has 156 valence electrons. The largest absolute Gasteiger partial charge is 0.368 e. The Morgan fingerprint density at radius 3 is 2.43 bits per heavy atom. The molecule has 0 aromatic carbocycles. The molecule has 5 fully saturated rings. The number of fused-ring (bicyclic) bond motifs is 6. The maximum Gasteiger partial charge on any atom is 0.172 e. The molecule has 0 radical (unpaired) electrons. The van der Waals surface area contributed by atoms with Crippen LogP contribution in [0.1, 0.15) is 78.1 Å². The second-order valence-corrected chi connectivity index (χ2v) is 11.1. The molecule has 1 N–H and O–H groups in total. The summed E-state index contributed by atoms with van der Waals surface area (Å²) < 4.78 is 18.4. The van der Waals surface area contributed by atoms with Crippen LogP contribution in [0.15, 0.2) is 11.6 Å². The summed E-state index contributed by atoms with van der Waals surface area (Å²) in [6.45, 7) is 6.55. The van der Waals surface area contributed by atoms with E-state index in [1.54, 1.807) is 5.57 Å².